The van der Waals surface area contributed by atoms with Gasteiger partial charge in [0.05, 0.1) is 5.92 Å². The van der Waals surface area contributed by atoms with Gasteiger partial charge in [0.1, 0.15) is 0 Å². The second kappa shape index (κ2) is 9.13. The molecule has 0 bridgehead atoms. The van der Waals surface area contributed by atoms with Gasteiger partial charge < -0.3 is 11.1 Å². The van der Waals surface area contributed by atoms with Gasteiger partial charge in [-0.1, -0.05) is 18.2 Å². The molecule has 4 nitrogen and oxygen atoms in total. The predicted octanol–water partition coefficient (Wildman–Crippen LogP) is 2.01. The Balaban J connectivity index is 0.00000242. The highest BCUT2D eigenvalue weighted by atomic mass is 35.5. The third-order valence-electron chi connectivity index (χ3n) is 4.35. The second-order valence-corrected chi connectivity index (χ2v) is 6.02. The zero-order chi connectivity index (χ0) is 15.2. The SMILES string of the molecule is Cc1cccc(C)c1CN1CCCC(C(=O)NCCN)C1.Cl. The number of amides is 1. The average Bonchev–Trinajstić information content (AvgIpc) is 2.49. The highest BCUT2D eigenvalue weighted by molar-refractivity contribution is 5.85. The zero-order valence-corrected chi connectivity index (χ0v) is 14.4. The number of aryl methyl sites for hydroxylation is 2. The summed E-state index contributed by atoms with van der Waals surface area (Å²) in [6, 6.07) is 6.43. The number of piperidine rings is 1. The zero-order valence-electron chi connectivity index (χ0n) is 13.6. The summed E-state index contributed by atoms with van der Waals surface area (Å²) in [7, 11) is 0. The van der Waals surface area contributed by atoms with Gasteiger partial charge in [0.2, 0.25) is 5.91 Å². The van der Waals surface area contributed by atoms with Crippen molar-refractivity contribution in [3.05, 3.63) is 34.9 Å². The van der Waals surface area contributed by atoms with Crippen molar-refractivity contribution in [1.29, 1.82) is 0 Å². The van der Waals surface area contributed by atoms with Gasteiger partial charge in [-0.2, -0.15) is 0 Å². The summed E-state index contributed by atoms with van der Waals surface area (Å²) in [4.78, 5) is 14.5. The molecule has 1 fully saturated rings. The number of carbonyl (C=O) groups is 1. The molecule has 5 heteroatoms. The minimum absolute atomic E-state index is 0. The molecule has 0 radical (unpaired) electrons. The number of likely N-dealkylation sites (tertiary alicyclic amines) is 1. The van der Waals surface area contributed by atoms with Crippen LogP contribution in [0.4, 0.5) is 0 Å². The van der Waals surface area contributed by atoms with Gasteiger partial charge in [-0.05, 0) is 49.9 Å². The number of nitrogens with zero attached hydrogens (tertiary/aromatic N) is 1. The molecular formula is C17H28ClN3O. The highest BCUT2D eigenvalue weighted by Crippen LogP contribution is 2.21. The van der Waals surface area contributed by atoms with Crippen molar-refractivity contribution in [1.82, 2.24) is 10.2 Å². The van der Waals surface area contributed by atoms with Crippen LogP contribution in [0.1, 0.15) is 29.5 Å². The number of hydrogen-bond acceptors (Lipinski definition) is 3. The molecular weight excluding hydrogens is 298 g/mol. The van der Waals surface area contributed by atoms with Crippen LogP contribution in [-0.4, -0.2) is 37.0 Å². The average molecular weight is 326 g/mol. The van der Waals surface area contributed by atoms with Crippen molar-refractivity contribution in [2.24, 2.45) is 11.7 Å². The third kappa shape index (κ3) is 4.97. The quantitative estimate of drug-likeness (QED) is 0.870. The second-order valence-electron chi connectivity index (χ2n) is 6.02. The maximum Gasteiger partial charge on any atom is 0.224 e. The summed E-state index contributed by atoms with van der Waals surface area (Å²) in [5.74, 6) is 0.265. The van der Waals surface area contributed by atoms with Crippen molar-refractivity contribution in [3.63, 3.8) is 0 Å². The molecule has 0 aliphatic carbocycles. The molecule has 1 aromatic rings. The Morgan fingerprint density at radius 3 is 2.68 bits per heavy atom. The first-order chi connectivity index (χ1) is 10.1. The fourth-order valence-electron chi connectivity index (χ4n) is 3.07. The van der Waals surface area contributed by atoms with Crippen molar-refractivity contribution in [2.45, 2.75) is 33.2 Å². The van der Waals surface area contributed by atoms with Crippen LogP contribution in [0.5, 0.6) is 0 Å². The first-order valence-corrected chi connectivity index (χ1v) is 7.87. The van der Waals surface area contributed by atoms with Crippen molar-refractivity contribution < 1.29 is 4.79 Å². The van der Waals surface area contributed by atoms with Gasteiger partial charge in [0.25, 0.3) is 0 Å². The van der Waals surface area contributed by atoms with Crippen LogP contribution in [0.15, 0.2) is 18.2 Å². The molecule has 0 spiro atoms. The summed E-state index contributed by atoms with van der Waals surface area (Å²) in [5.41, 5.74) is 9.52. The maximum absolute atomic E-state index is 12.1. The maximum atomic E-state index is 12.1. The van der Waals surface area contributed by atoms with Crippen LogP contribution in [0.2, 0.25) is 0 Å². The molecule has 1 atom stereocenters. The molecule has 1 aliphatic rings. The van der Waals surface area contributed by atoms with Crippen molar-refractivity contribution in [3.8, 4) is 0 Å². The van der Waals surface area contributed by atoms with Gasteiger partial charge in [-0.25, -0.2) is 0 Å². The fourth-order valence-corrected chi connectivity index (χ4v) is 3.07. The first kappa shape index (κ1) is 18.9. The largest absolute Gasteiger partial charge is 0.355 e. The van der Waals surface area contributed by atoms with E-state index >= 15 is 0 Å². The molecule has 0 aromatic heterocycles. The normalized spacial score (nSPS) is 18.6. The summed E-state index contributed by atoms with van der Waals surface area (Å²) in [6.45, 7) is 8.28. The molecule has 2 rings (SSSR count). The van der Waals surface area contributed by atoms with E-state index in [1.807, 2.05) is 0 Å². The Hall–Kier alpha value is -1.10. The molecule has 1 aliphatic heterocycles. The first-order valence-electron chi connectivity index (χ1n) is 7.87. The minimum atomic E-state index is 0. The topological polar surface area (TPSA) is 58.4 Å². The van der Waals surface area contributed by atoms with Crippen LogP contribution in [-0.2, 0) is 11.3 Å². The van der Waals surface area contributed by atoms with Crippen molar-refractivity contribution in [2.75, 3.05) is 26.2 Å². The lowest BCUT2D eigenvalue weighted by Crippen LogP contribution is -2.43. The fraction of sp³-hybridized carbons (Fsp3) is 0.588. The number of carbonyl (C=O) groups excluding carboxylic acids is 1. The van der Waals surface area contributed by atoms with E-state index in [1.165, 1.54) is 16.7 Å². The van der Waals surface area contributed by atoms with E-state index in [4.69, 9.17) is 5.73 Å². The molecule has 1 heterocycles. The lowest BCUT2D eigenvalue weighted by molar-refractivity contribution is -0.126. The monoisotopic (exact) mass is 325 g/mol. The lowest BCUT2D eigenvalue weighted by Gasteiger charge is -2.32. The number of hydrogen-bond donors (Lipinski definition) is 2. The van der Waals surface area contributed by atoms with E-state index in [-0.39, 0.29) is 24.2 Å². The van der Waals surface area contributed by atoms with Gasteiger partial charge in [0.15, 0.2) is 0 Å². The molecule has 1 amide bonds. The summed E-state index contributed by atoms with van der Waals surface area (Å²) in [5, 5.41) is 2.92. The van der Waals surface area contributed by atoms with Gasteiger partial charge in [-0.3, -0.25) is 9.69 Å². The standard InChI is InChI=1S/C17H27N3O.ClH/c1-13-5-3-6-14(2)16(13)12-20-10-4-7-15(11-20)17(21)19-9-8-18;/h3,5-6,15H,4,7-12,18H2,1-2H3,(H,19,21);1H. The Kier molecular flexibility index (Phi) is 7.87. The Morgan fingerprint density at radius 2 is 2.05 bits per heavy atom. The third-order valence-corrected chi connectivity index (χ3v) is 4.35. The number of benzene rings is 1. The predicted molar refractivity (Wildman–Crippen MR) is 93.2 cm³/mol. The van der Waals surface area contributed by atoms with E-state index in [0.29, 0.717) is 13.1 Å². The minimum Gasteiger partial charge on any atom is -0.355 e. The Labute approximate surface area is 139 Å². The van der Waals surface area contributed by atoms with Crippen LogP contribution in [0, 0.1) is 19.8 Å². The summed E-state index contributed by atoms with van der Waals surface area (Å²) >= 11 is 0. The van der Waals surface area contributed by atoms with Crippen LogP contribution >= 0.6 is 12.4 Å². The van der Waals surface area contributed by atoms with E-state index in [0.717, 1.165) is 32.5 Å². The smallest absolute Gasteiger partial charge is 0.224 e. The molecule has 0 saturated carbocycles. The number of nitrogens with two attached hydrogens (primary N) is 1. The van der Waals surface area contributed by atoms with E-state index < -0.39 is 0 Å². The van der Waals surface area contributed by atoms with E-state index in [2.05, 4.69) is 42.3 Å². The highest BCUT2D eigenvalue weighted by Gasteiger charge is 2.25. The van der Waals surface area contributed by atoms with E-state index in [1.54, 1.807) is 0 Å². The van der Waals surface area contributed by atoms with E-state index in [9.17, 15) is 4.79 Å². The van der Waals surface area contributed by atoms with Gasteiger partial charge >= 0.3 is 0 Å². The van der Waals surface area contributed by atoms with Crippen molar-refractivity contribution >= 4 is 18.3 Å². The summed E-state index contributed by atoms with van der Waals surface area (Å²) in [6.07, 6.45) is 2.07. The van der Waals surface area contributed by atoms with Crippen LogP contribution in [0.3, 0.4) is 0 Å². The summed E-state index contributed by atoms with van der Waals surface area (Å²) < 4.78 is 0. The molecule has 22 heavy (non-hydrogen) atoms. The molecule has 124 valence electrons. The van der Waals surface area contributed by atoms with Gasteiger partial charge in [0, 0.05) is 26.2 Å². The molecule has 1 aromatic carbocycles. The van der Waals surface area contributed by atoms with Gasteiger partial charge in [-0.15, -0.1) is 12.4 Å². The van der Waals surface area contributed by atoms with Crippen LogP contribution in [0.25, 0.3) is 0 Å². The van der Waals surface area contributed by atoms with Crippen LogP contribution < -0.4 is 11.1 Å². The Morgan fingerprint density at radius 1 is 1.36 bits per heavy atom. The Bertz CT molecular complexity index is 473. The number of halogens is 1. The molecule has 1 saturated heterocycles. The number of nitrogens with one attached hydrogen (secondary N) is 1. The molecule has 1 unspecified atom stereocenters. The molecule has 3 N–H and O–H groups in total. The lowest BCUT2D eigenvalue weighted by atomic mass is 9.95. The number of rotatable bonds is 5.